The summed E-state index contributed by atoms with van der Waals surface area (Å²) in [6.45, 7) is 1.35. The summed E-state index contributed by atoms with van der Waals surface area (Å²) in [7, 11) is 3.89. The van der Waals surface area contributed by atoms with Gasteiger partial charge in [0.2, 0.25) is 0 Å². The van der Waals surface area contributed by atoms with Crippen LogP contribution in [0, 0.1) is 11.3 Å². The van der Waals surface area contributed by atoms with Gasteiger partial charge in [-0.2, -0.15) is 0 Å². The highest BCUT2D eigenvalue weighted by Crippen LogP contribution is 2.48. The van der Waals surface area contributed by atoms with Gasteiger partial charge in [0.1, 0.15) is 18.0 Å². The van der Waals surface area contributed by atoms with Gasteiger partial charge in [-0.1, -0.05) is 19.3 Å². The van der Waals surface area contributed by atoms with E-state index >= 15 is 0 Å². The highest BCUT2D eigenvalue weighted by Gasteiger charge is 2.50. The molecule has 1 aliphatic heterocycles. The van der Waals surface area contributed by atoms with Crippen molar-refractivity contribution in [1.82, 2.24) is 9.97 Å². The molecule has 6 nitrogen and oxygen atoms in total. The highest BCUT2D eigenvalue weighted by molar-refractivity contribution is 5.73. The van der Waals surface area contributed by atoms with Crippen molar-refractivity contribution < 1.29 is 9.90 Å². The topological polar surface area (TPSA) is 69.6 Å². The van der Waals surface area contributed by atoms with Crippen molar-refractivity contribution in [2.45, 2.75) is 32.1 Å². The fourth-order valence-corrected chi connectivity index (χ4v) is 4.00. The number of hydrogen-bond acceptors (Lipinski definition) is 5. The zero-order chi connectivity index (χ0) is 15.7. The van der Waals surface area contributed by atoms with E-state index in [1.54, 1.807) is 6.33 Å². The monoisotopic (exact) mass is 304 g/mol. The molecule has 2 aliphatic rings. The smallest absolute Gasteiger partial charge is 0.308 e. The van der Waals surface area contributed by atoms with Gasteiger partial charge in [-0.05, 0) is 12.8 Å². The fraction of sp³-hybridized carbons (Fsp3) is 0.688. The number of carbonyl (C=O) groups is 1. The van der Waals surface area contributed by atoms with Crippen LogP contribution in [0.4, 0.5) is 11.6 Å². The Morgan fingerprint density at radius 3 is 2.68 bits per heavy atom. The number of carboxylic acid groups (broad SMARTS) is 1. The molecular weight excluding hydrogens is 280 g/mol. The Bertz CT molecular complexity index is 555. The van der Waals surface area contributed by atoms with E-state index < -0.39 is 5.97 Å². The molecule has 1 spiro atoms. The molecule has 1 N–H and O–H groups in total. The van der Waals surface area contributed by atoms with E-state index in [-0.39, 0.29) is 11.3 Å². The zero-order valence-corrected chi connectivity index (χ0v) is 13.3. The van der Waals surface area contributed by atoms with E-state index in [1.807, 2.05) is 25.1 Å². The second-order valence-corrected chi connectivity index (χ2v) is 6.82. The molecule has 0 bridgehead atoms. The molecule has 120 valence electrons. The molecule has 1 aromatic rings. The molecule has 1 saturated heterocycles. The predicted octanol–water partition coefficient (Wildman–Crippen LogP) is 2.01. The Morgan fingerprint density at radius 1 is 1.32 bits per heavy atom. The number of anilines is 2. The van der Waals surface area contributed by atoms with Gasteiger partial charge in [-0.25, -0.2) is 9.97 Å². The van der Waals surface area contributed by atoms with Gasteiger partial charge in [0, 0.05) is 38.7 Å². The van der Waals surface area contributed by atoms with E-state index in [4.69, 9.17) is 0 Å². The lowest BCUT2D eigenvalue weighted by Crippen LogP contribution is -2.36. The molecule has 0 amide bonds. The van der Waals surface area contributed by atoms with Crippen molar-refractivity contribution in [1.29, 1.82) is 0 Å². The standard InChI is InChI=1S/C16H24N4O2/c1-19(2)13-8-14(18-11-17-13)20-9-12(15(21)22)16(10-20)6-4-3-5-7-16/h8,11-12H,3-7,9-10H2,1-2H3,(H,21,22)/t12-/m1/s1. The largest absolute Gasteiger partial charge is 0.481 e. The maximum atomic E-state index is 11.8. The number of aromatic nitrogens is 2. The number of nitrogens with zero attached hydrogens (tertiary/aromatic N) is 4. The second-order valence-electron chi connectivity index (χ2n) is 6.82. The summed E-state index contributed by atoms with van der Waals surface area (Å²) < 4.78 is 0. The Kier molecular flexibility index (Phi) is 3.93. The average Bonchev–Trinajstić information content (AvgIpc) is 2.87. The second kappa shape index (κ2) is 5.74. The van der Waals surface area contributed by atoms with Crippen LogP contribution in [0.2, 0.25) is 0 Å². The molecule has 2 fully saturated rings. The van der Waals surface area contributed by atoms with Crippen molar-refractivity contribution in [3.05, 3.63) is 12.4 Å². The molecule has 0 radical (unpaired) electrons. The van der Waals surface area contributed by atoms with Gasteiger partial charge >= 0.3 is 5.97 Å². The minimum atomic E-state index is -0.661. The van der Waals surface area contributed by atoms with Crippen LogP contribution in [0.1, 0.15) is 32.1 Å². The van der Waals surface area contributed by atoms with E-state index in [0.29, 0.717) is 6.54 Å². The van der Waals surface area contributed by atoms with Gasteiger partial charge in [-0.15, -0.1) is 0 Å². The first-order chi connectivity index (χ1) is 10.5. The lowest BCUT2D eigenvalue weighted by atomic mass is 9.68. The average molecular weight is 304 g/mol. The first-order valence-electron chi connectivity index (χ1n) is 7.99. The molecule has 3 rings (SSSR count). The third-order valence-electron chi connectivity index (χ3n) is 5.22. The van der Waals surface area contributed by atoms with Crippen LogP contribution in [0.15, 0.2) is 12.4 Å². The quantitative estimate of drug-likeness (QED) is 0.921. The minimum absolute atomic E-state index is 0.0761. The maximum Gasteiger partial charge on any atom is 0.308 e. The first-order valence-corrected chi connectivity index (χ1v) is 7.99. The van der Waals surface area contributed by atoms with E-state index in [9.17, 15) is 9.90 Å². The van der Waals surface area contributed by atoms with Crippen LogP contribution in [-0.2, 0) is 4.79 Å². The van der Waals surface area contributed by atoms with E-state index in [2.05, 4.69) is 14.9 Å². The summed E-state index contributed by atoms with van der Waals surface area (Å²) in [4.78, 5) is 24.4. The molecule has 22 heavy (non-hydrogen) atoms. The number of hydrogen-bond donors (Lipinski definition) is 1. The van der Waals surface area contributed by atoms with E-state index in [0.717, 1.165) is 43.9 Å². The van der Waals surface area contributed by atoms with Crippen molar-refractivity contribution in [2.24, 2.45) is 11.3 Å². The van der Waals surface area contributed by atoms with Crippen molar-refractivity contribution in [3.8, 4) is 0 Å². The van der Waals surface area contributed by atoms with Crippen molar-refractivity contribution >= 4 is 17.6 Å². The van der Waals surface area contributed by atoms with Crippen LogP contribution in [-0.4, -0.2) is 48.2 Å². The van der Waals surface area contributed by atoms with E-state index in [1.165, 1.54) is 6.42 Å². The summed E-state index contributed by atoms with van der Waals surface area (Å²) >= 11 is 0. The third kappa shape index (κ3) is 2.62. The first kappa shape index (κ1) is 15.1. The van der Waals surface area contributed by atoms with Crippen LogP contribution in [0.5, 0.6) is 0 Å². The van der Waals surface area contributed by atoms with Gasteiger partial charge < -0.3 is 14.9 Å². The molecule has 1 aliphatic carbocycles. The molecule has 1 saturated carbocycles. The SMILES string of the molecule is CN(C)c1cc(N2C[C@H](C(=O)O)C3(CCCCC3)C2)ncn1. The summed E-state index contributed by atoms with van der Waals surface area (Å²) in [6, 6.07) is 1.95. The number of aliphatic carboxylic acids is 1. The number of carboxylic acids is 1. The van der Waals surface area contributed by atoms with Crippen LogP contribution in [0.25, 0.3) is 0 Å². The summed E-state index contributed by atoms with van der Waals surface area (Å²) in [5, 5.41) is 9.67. The Balaban J connectivity index is 1.87. The summed E-state index contributed by atoms with van der Waals surface area (Å²) in [6.07, 6.45) is 7.12. The van der Waals surface area contributed by atoms with Gasteiger partial charge in [0.25, 0.3) is 0 Å². The molecule has 2 heterocycles. The predicted molar refractivity (Wildman–Crippen MR) is 85.2 cm³/mol. The number of rotatable bonds is 3. The summed E-state index contributed by atoms with van der Waals surface area (Å²) in [5.41, 5.74) is -0.0761. The van der Waals surface area contributed by atoms with Crippen LogP contribution < -0.4 is 9.80 Å². The van der Waals surface area contributed by atoms with Crippen molar-refractivity contribution in [3.63, 3.8) is 0 Å². The summed E-state index contributed by atoms with van der Waals surface area (Å²) in [5.74, 6) is 0.741. The fourth-order valence-electron chi connectivity index (χ4n) is 4.00. The normalized spacial score (nSPS) is 23.7. The van der Waals surface area contributed by atoms with Crippen LogP contribution in [0.3, 0.4) is 0 Å². The molecule has 1 atom stereocenters. The van der Waals surface area contributed by atoms with Crippen LogP contribution >= 0.6 is 0 Å². The lowest BCUT2D eigenvalue weighted by Gasteiger charge is -2.36. The van der Waals surface area contributed by atoms with Gasteiger partial charge in [0.05, 0.1) is 5.92 Å². The molecule has 0 unspecified atom stereocenters. The van der Waals surface area contributed by atoms with Gasteiger partial charge in [-0.3, -0.25) is 4.79 Å². The Hall–Kier alpha value is -1.85. The minimum Gasteiger partial charge on any atom is -0.481 e. The zero-order valence-electron chi connectivity index (χ0n) is 13.3. The molecular formula is C16H24N4O2. The molecule has 6 heteroatoms. The van der Waals surface area contributed by atoms with Gasteiger partial charge in [0.15, 0.2) is 0 Å². The Labute approximate surface area is 131 Å². The lowest BCUT2D eigenvalue weighted by molar-refractivity contribution is -0.145. The Morgan fingerprint density at radius 2 is 2.05 bits per heavy atom. The third-order valence-corrected chi connectivity index (χ3v) is 5.22. The molecule has 0 aromatic carbocycles. The highest BCUT2D eigenvalue weighted by atomic mass is 16.4. The maximum absolute atomic E-state index is 11.8. The molecule has 1 aromatic heterocycles. The van der Waals surface area contributed by atoms with Crippen molar-refractivity contribution in [2.75, 3.05) is 37.0 Å².